The number of ether oxygens (including phenoxy) is 1. The van der Waals surface area contributed by atoms with Crippen molar-refractivity contribution < 1.29 is 9.53 Å². The average molecular weight is 272 g/mol. The fraction of sp³-hybridized carbons (Fsp3) is 0.611. The molecular weight excluding hydrogens is 248 g/mol. The van der Waals surface area contributed by atoms with Gasteiger partial charge in [0.25, 0.3) is 0 Å². The van der Waals surface area contributed by atoms with Crippen LogP contribution in [-0.4, -0.2) is 17.0 Å². The zero-order valence-electron chi connectivity index (χ0n) is 12.9. The Morgan fingerprint density at radius 1 is 1.15 bits per heavy atom. The summed E-state index contributed by atoms with van der Waals surface area (Å²) in [4.78, 5) is 12.8. The second-order valence-corrected chi connectivity index (χ2v) is 7.44. The predicted octanol–water partition coefficient (Wildman–Crippen LogP) is 4.03. The van der Waals surface area contributed by atoms with E-state index in [1.54, 1.807) is 0 Å². The molecule has 0 amide bonds. The highest BCUT2D eigenvalue weighted by Crippen LogP contribution is 2.48. The molecule has 0 bridgehead atoms. The quantitative estimate of drug-likeness (QED) is 0.771. The number of carbonyl (C=O) groups excluding carboxylic acids is 1. The van der Waals surface area contributed by atoms with Crippen molar-refractivity contribution in [3.63, 3.8) is 0 Å². The van der Waals surface area contributed by atoms with Crippen LogP contribution in [0.5, 0.6) is 0 Å². The molecule has 1 fully saturated rings. The number of fused-ring (bicyclic) bond motifs is 1. The van der Waals surface area contributed by atoms with E-state index in [0.29, 0.717) is 11.7 Å². The Kier molecular flexibility index (Phi) is 3.06. The lowest BCUT2D eigenvalue weighted by atomic mass is 9.69. The largest absolute Gasteiger partial charge is 0.369 e. The van der Waals surface area contributed by atoms with Crippen LogP contribution in [0, 0.1) is 11.8 Å². The van der Waals surface area contributed by atoms with Gasteiger partial charge in [0.05, 0.1) is 11.2 Å². The van der Waals surface area contributed by atoms with E-state index in [2.05, 4.69) is 33.8 Å². The van der Waals surface area contributed by atoms with Gasteiger partial charge in [-0.25, -0.2) is 0 Å². The zero-order valence-corrected chi connectivity index (χ0v) is 12.9. The maximum Gasteiger partial charge on any atom is 0.166 e. The molecule has 0 radical (unpaired) electrons. The first-order valence-corrected chi connectivity index (χ1v) is 7.62. The molecule has 0 spiro atoms. The second-order valence-electron chi connectivity index (χ2n) is 7.44. The summed E-state index contributed by atoms with van der Waals surface area (Å²) in [5.41, 5.74) is 1.82. The predicted molar refractivity (Wildman–Crippen MR) is 79.9 cm³/mol. The molecule has 1 aliphatic heterocycles. The van der Waals surface area contributed by atoms with Crippen LogP contribution < -0.4 is 0 Å². The molecule has 2 heteroatoms. The topological polar surface area (TPSA) is 26.3 Å². The maximum atomic E-state index is 12.8. The first-order valence-electron chi connectivity index (χ1n) is 7.62. The van der Waals surface area contributed by atoms with Crippen molar-refractivity contribution in [3.8, 4) is 0 Å². The number of hydrogen-bond donors (Lipinski definition) is 0. The highest BCUT2D eigenvalue weighted by molar-refractivity contribution is 6.00. The summed E-state index contributed by atoms with van der Waals surface area (Å²) in [6.07, 6.45) is 2.95. The van der Waals surface area contributed by atoms with Crippen LogP contribution >= 0.6 is 0 Å². The van der Waals surface area contributed by atoms with Crippen molar-refractivity contribution in [1.29, 1.82) is 0 Å². The molecule has 1 aliphatic carbocycles. The van der Waals surface area contributed by atoms with Gasteiger partial charge in [0.1, 0.15) is 0 Å². The SMILES string of the molecule is CC1(C)CC(C2CCc3ccccc3C2=O)C(C)(C)O1. The molecule has 0 N–H and O–H groups in total. The highest BCUT2D eigenvalue weighted by Gasteiger charge is 2.51. The lowest BCUT2D eigenvalue weighted by molar-refractivity contribution is -0.0789. The molecule has 108 valence electrons. The number of ketones is 1. The minimum atomic E-state index is -0.212. The van der Waals surface area contributed by atoms with E-state index in [1.165, 1.54) is 5.56 Å². The van der Waals surface area contributed by atoms with Crippen molar-refractivity contribution in [2.24, 2.45) is 11.8 Å². The van der Waals surface area contributed by atoms with Gasteiger partial charge in [-0.1, -0.05) is 24.3 Å². The van der Waals surface area contributed by atoms with Crippen LogP contribution in [0.2, 0.25) is 0 Å². The Balaban J connectivity index is 1.92. The Morgan fingerprint density at radius 3 is 2.50 bits per heavy atom. The molecular formula is C18H24O2. The van der Waals surface area contributed by atoms with Crippen LogP contribution in [0.1, 0.15) is 56.5 Å². The van der Waals surface area contributed by atoms with Gasteiger partial charge in [-0.3, -0.25) is 4.79 Å². The Bertz CT molecular complexity index is 542. The molecule has 2 nitrogen and oxygen atoms in total. The second kappa shape index (κ2) is 4.42. The molecule has 2 atom stereocenters. The fourth-order valence-corrected chi connectivity index (χ4v) is 4.24. The zero-order chi connectivity index (χ0) is 14.5. The third-order valence-electron chi connectivity index (χ3n) is 4.97. The molecule has 1 heterocycles. The van der Waals surface area contributed by atoms with Crippen molar-refractivity contribution in [2.45, 2.75) is 58.2 Å². The van der Waals surface area contributed by atoms with Crippen LogP contribution in [0.3, 0.4) is 0 Å². The van der Waals surface area contributed by atoms with E-state index < -0.39 is 0 Å². The average Bonchev–Trinajstić information content (AvgIpc) is 2.58. The van der Waals surface area contributed by atoms with Crippen molar-refractivity contribution in [3.05, 3.63) is 35.4 Å². The van der Waals surface area contributed by atoms with Crippen molar-refractivity contribution in [2.75, 3.05) is 0 Å². The number of rotatable bonds is 1. The summed E-state index contributed by atoms with van der Waals surface area (Å²) in [7, 11) is 0. The first kappa shape index (κ1) is 13.8. The van der Waals surface area contributed by atoms with Gasteiger partial charge in [-0.2, -0.15) is 0 Å². The van der Waals surface area contributed by atoms with E-state index in [9.17, 15) is 4.79 Å². The highest BCUT2D eigenvalue weighted by atomic mass is 16.5. The van der Waals surface area contributed by atoms with Crippen LogP contribution in [-0.2, 0) is 11.2 Å². The molecule has 1 saturated heterocycles. The molecule has 2 aliphatic rings. The minimum absolute atomic E-state index is 0.113. The van der Waals surface area contributed by atoms with E-state index >= 15 is 0 Å². The van der Waals surface area contributed by atoms with Crippen LogP contribution in [0.15, 0.2) is 24.3 Å². The van der Waals surface area contributed by atoms with E-state index in [0.717, 1.165) is 24.8 Å². The van der Waals surface area contributed by atoms with Gasteiger partial charge in [0.15, 0.2) is 5.78 Å². The Hall–Kier alpha value is -1.15. The van der Waals surface area contributed by atoms with Gasteiger partial charge in [0, 0.05) is 17.4 Å². The molecule has 2 unspecified atom stereocenters. The Morgan fingerprint density at radius 2 is 1.85 bits per heavy atom. The van der Waals surface area contributed by atoms with E-state index in [4.69, 9.17) is 4.74 Å². The number of carbonyl (C=O) groups is 1. The van der Waals surface area contributed by atoms with Crippen LogP contribution in [0.4, 0.5) is 0 Å². The number of hydrogen-bond acceptors (Lipinski definition) is 2. The molecule has 3 rings (SSSR count). The molecule has 1 aromatic carbocycles. The van der Waals surface area contributed by atoms with Gasteiger partial charge < -0.3 is 4.74 Å². The molecule has 0 aromatic heterocycles. The van der Waals surface area contributed by atoms with E-state index in [1.807, 2.05) is 18.2 Å². The summed E-state index contributed by atoms with van der Waals surface area (Å²) in [6.45, 7) is 8.55. The monoisotopic (exact) mass is 272 g/mol. The molecule has 0 saturated carbocycles. The van der Waals surface area contributed by atoms with E-state index in [-0.39, 0.29) is 17.1 Å². The van der Waals surface area contributed by atoms with Gasteiger partial charge in [-0.05, 0) is 52.5 Å². The van der Waals surface area contributed by atoms with Crippen molar-refractivity contribution in [1.82, 2.24) is 0 Å². The Labute approximate surface area is 121 Å². The lowest BCUT2D eigenvalue weighted by Gasteiger charge is -2.34. The summed E-state index contributed by atoms with van der Waals surface area (Å²) in [6, 6.07) is 8.07. The van der Waals surface area contributed by atoms with Gasteiger partial charge in [0.2, 0.25) is 0 Å². The fourth-order valence-electron chi connectivity index (χ4n) is 4.24. The third kappa shape index (κ3) is 2.20. The van der Waals surface area contributed by atoms with Crippen LogP contribution in [0.25, 0.3) is 0 Å². The van der Waals surface area contributed by atoms with Gasteiger partial charge >= 0.3 is 0 Å². The smallest absolute Gasteiger partial charge is 0.166 e. The number of aryl methyl sites for hydroxylation is 1. The van der Waals surface area contributed by atoms with Gasteiger partial charge in [-0.15, -0.1) is 0 Å². The summed E-state index contributed by atoms with van der Waals surface area (Å²) < 4.78 is 6.19. The minimum Gasteiger partial charge on any atom is -0.369 e. The molecule has 20 heavy (non-hydrogen) atoms. The maximum absolute atomic E-state index is 12.8. The first-order chi connectivity index (χ1) is 9.30. The molecule has 1 aromatic rings. The number of benzene rings is 1. The number of Topliss-reactive ketones (excluding diaryl/α,β-unsaturated/α-hetero) is 1. The normalized spacial score (nSPS) is 31.1. The summed E-state index contributed by atoms with van der Waals surface area (Å²) in [5.74, 6) is 0.756. The summed E-state index contributed by atoms with van der Waals surface area (Å²) in [5, 5.41) is 0. The standard InChI is InChI=1S/C18H24O2/c1-17(2)11-15(18(3,4)20-17)14-10-9-12-7-5-6-8-13(12)16(14)19/h5-8,14-15H,9-11H2,1-4H3. The lowest BCUT2D eigenvalue weighted by Crippen LogP contribution is -2.38. The summed E-state index contributed by atoms with van der Waals surface area (Å²) >= 11 is 0. The third-order valence-corrected chi connectivity index (χ3v) is 4.97. The van der Waals surface area contributed by atoms with Crippen molar-refractivity contribution >= 4 is 5.78 Å².